The largest absolute Gasteiger partial charge is 0.476 e. The number of hydrogen-bond acceptors (Lipinski definition) is 6. The highest BCUT2D eigenvalue weighted by atomic mass is 19.1. The number of hydrogen-bond donors (Lipinski definition) is 3. The third-order valence-electron chi connectivity index (χ3n) is 5.20. The molecule has 2 aromatic heterocycles. The Kier molecular flexibility index (Phi) is 5.31. The number of rotatable bonds is 0. The molecule has 9 heteroatoms. The maximum Gasteiger partial charge on any atom is 0.407 e. The second-order valence-corrected chi connectivity index (χ2v) is 7.38. The van der Waals surface area contributed by atoms with Gasteiger partial charge >= 0.3 is 6.09 Å². The lowest BCUT2D eigenvalue weighted by Gasteiger charge is -2.17. The average molecular weight is 389 g/mol. The summed E-state index contributed by atoms with van der Waals surface area (Å²) < 4.78 is 25.7. The van der Waals surface area contributed by atoms with E-state index in [0.717, 1.165) is 25.0 Å². The van der Waals surface area contributed by atoms with E-state index < -0.39 is 11.9 Å². The van der Waals surface area contributed by atoms with Crippen LogP contribution in [0.2, 0.25) is 0 Å². The van der Waals surface area contributed by atoms with Crippen LogP contribution in [0.4, 0.5) is 20.7 Å². The zero-order chi connectivity index (χ0) is 19.5. The molecule has 1 aliphatic heterocycles. The quantitative estimate of drug-likeness (QED) is 0.636. The minimum Gasteiger partial charge on any atom is -0.476 e. The monoisotopic (exact) mass is 389 g/mol. The Hall–Kier alpha value is -2.84. The van der Waals surface area contributed by atoms with Gasteiger partial charge in [-0.1, -0.05) is 0 Å². The molecule has 6 bridgehead atoms. The van der Waals surface area contributed by atoms with E-state index in [-0.39, 0.29) is 29.6 Å². The van der Waals surface area contributed by atoms with Crippen LogP contribution >= 0.6 is 0 Å². The summed E-state index contributed by atoms with van der Waals surface area (Å²) in [5.74, 6) is 0.130. The highest BCUT2D eigenvalue weighted by Crippen LogP contribution is 2.36. The van der Waals surface area contributed by atoms with Crippen molar-refractivity contribution in [3.8, 4) is 5.88 Å². The third kappa shape index (κ3) is 4.18. The summed E-state index contributed by atoms with van der Waals surface area (Å²) in [5.41, 5.74) is 1.20. The number of ether oxygens (including phenoxy) is 2. The van der Waals surface area contributed by atoms with E-state index in [1.165, 1.54) is 6.20 Å². The maximum atomic E-state index is 14.7. The van der Waals surface area contributed by atoms with Gasteiger partial charge in [0.15, 0.2) is 5.82 Å². The summed E-state index contributed by atoms with van der Waals surface area (Å²) in [6.07, 6.45) is 4.77. The van der Waals surface area contributed by atoms with Crippen LogP contribution in [0.15, 0.2) is 18.3 Å². The lowest BCUT2D eigenvalue weighted by Crippen LogP contribution is -2.35. The van der Waals surface area contributed by atoms with Crippen LogP contribution in [0.5, 0.6) is 5.88 Å². The van der Waals surface area contributed by atoms with E-state index >= 15 is 0 Å². The third-order valence-corrected chi connectivity index (χ3v) is 5.20. The lowest BCUT2D eigenvalue weighted by molar-refractivity contribution is 0.0969. The molecule has 1 aliphatic carbocycles. The number of carbonyl (C=O) groups excluding carboxylic acids is 1. The van der Waals surface area contributed by atoms with E-state index in [9.17, 15) is 9.18 Å². The smallest absolute Gasteiger partial charge is 0.407 e. The Morgan fingerprint density at radius 1 is 1.29 bits per heavy atom. The van der Waals surface area contributed by atoms with Gasteiger partial charge in [-0.05, 0) is 45.1 Å². The molecule has 8 nitrogen and oxygen atoms in total. The number of fused-ring (bicyclic) bond motifs is 7. The molecular formula is C19H24FN5O3. The molecule has 4 rings (SSSR count). The SMILES string of the molecule is C[C@H]1CCCOc2nccc(c2F)Nc2cc([nH]n2)[C@H]2CC[C@H](C2)OC(=O)N1. The van der Waals surface area contributed by atoms with Crippen molar-refractivity contribution in [2.75, 3.05) is 11.9 Å². The van der Waals surface area contributed by atoms with Crippen molar-refractivity contribution in [2.24, 2.45) is 0 Å². The van der Waals surface area contributed by atoms with Crippen LogP contribution in [-0.2, 0) is 4.74 Å². The fourth-order valence-electron chi connectivity index (χ4n) is 3.72. The van der Waals surface area contributed by atoms with Crippen molar-refractivity contribution in [2.45, 2.75) is 57.1 Å². The molecule has 1 saturated carbocycles. The molecule has 0 spiro atoms. The van der Waals surface area contributed by atoms with Gasteiger partial charge < -0.3 is 20.1 Å². The first-order valence-corrected chi connectivity index (χ1v) is 9.65. The number of halogens is 1. The number of alkyl carbamates (subject to hydrolysis) is 1. The molecule has 150 valence electrons. The molecule has 3 N–H and O–H groups in total. The van der Waals surface area contributed by atoms with Gasteiger partial charge in [-0.15, -0.1) is 0 Å². The number of aromatic nitrogens is 3. The highest BCUT2D eigenvalue weighted by molar-refractivity contribution is 5.67. The molecule has 3 atom stereocenters. The van der Waals surface area contributed by atoms with Crippen molar-refractivity contribution in [1.82, 2.24) is 20.5 Å². The highest BCUT2D eigenvalue weighted by Gasteiger charge is 2.30. The predicted octanol–water partition coefficient (Wildman–Crippen LogP) is 3.61. The molecule has 0 saturated heterocycles. The number of amides is 1. The Balaban J connectivity index is 1.56. The molecular weight excluding hydrogens is 365 g/mol. The minimum atomic E-state index is -0.552. The molecule has 2 aliphatic rings. The minimum absolute atomic E-state index is 0.0551. The Morgan fingerprint density at radius 3 is 3.07 bits per heavy atom. The molecule has 1 fully saturated rings. The zero-order valence-corrected chi connectivity index (χ0v) is 15.7. The fourth-order valence-corrected chi connectivity index (χ4v) is 3.72. The summed E-state index contributed by atoms with van der Waals surface area (Å²) in [6.45, 7) is 2.21. The first kappa shape index (κ1) is 18.5. The number of aromatic amines is 1. The summed E-state index contributed by atoms with van der Waals surface area (Å²) in [6, 6.07) is 3.35. The van der Waals surface area contributed by atoms with E-state index in [0.29, 0.717) is 25.3 Å². The van der Waals surface area contributed by atoms with Gasteiger partial charge in [-0.3, -0.25) is 5.10 Å². The van der Waals surface area contributed by atoms with Gasteiger partial charge in [0.05, 0.1) is 12.3 Å². The Morgan fingerprint density at radius 2 is 2.18 bits per heavy atom. The summed E-state index contributed by atoms with van der Waals surface area (Å²) in [4.78, 5) is 16.1. The van der Waals surface area contributed by atoms with Gasteiger partial charge in [-0.2, -0.15) is 9.49 Å². The van der Waals surface area contributed by atoms with E-state index in [4.69, 9.17) is 9.47 Å². The van der Waals surface area contributed by atoms with Crippen LogP contribution < -0.4 is 15.4 Å². The van der Waals surface area contributed by atoms with Crippen LogP contribution in [0.1, 0.15) is 50.6 Å². The number of pyridine rings is 1. The Bertz CT molecular complexity index is 843. The van der Waals surface area contributed by atoms with Crippen LogP contribution in [0.25, 0.3) is 0 Å². The van der Waals surface area contributed by atoms with E-state index in [2.05, 4.69) is 25.8 Å². The van der Waals surface area contributed by atoms with Gasteiger partial charge in [0.2, 0.25) is 5.82 Å². The number of anilines is 2. The van der Waals surface area contributed by atoms with Crippen LogP contribution in [-0.4, -0.2) is 40.0 Å². The number of carbonyl (C=O) groups is 1. The average Bonchev–Trinajstić information content (AvgIpc) is 3.30. The molecule has 1 amide bonds. The van der Waals surface area contributed by atoms with Crippen molar-refractivity contribution < 1.29 is 18.7 Å². The Labute approximate surface area is 162 Å². The molecule has 0 aromatic carbocycles. The first-order valence-electron chi connectivity index (χ1n) is 9.65. The van der Waals surface area contributed by atoms with E-state index in [1.807, 2.05) is 13.0 Å². The van der Waals surface area contributed by atoms with Crippen molar-refractivity contribution in [1.29, 1.82) is 0 Å². The molecule has 28 heavy (non-hydrogen) atoms. The standard InChI is InChI=1S/C19H24FN5O3/c1-11-3-2-8-27-18-17(20)14(6-7-21-18)23-16-10-15(24-25-16)12-4-5-13(9-12)28-19(26)22-11/h6-7,10-13H,2-5,8-9H2,1H3,(H,22,26)(H2,23,24,25)/t11-,12-,13+/m0/s1. The number of H-pyrrole nitrogens is 1. The second-order valence-electron chi connectivity index (χ2n) is 7.38. The normalized spacial score (nSPS) is 25.5. The van der Waals surface area contributed by atoms with Gasteiger partial charge in [0.1, 0.15) is 6.10 Å². The summed E-state index contributed by atoms with van der Waals surface area (Å²) in [5, 5.41) is 13.1. The van der Waals surface area contributed by atoms with Gasteiger partial charge in [0, 0.05) is 29.9 Å². The van der Waals surface area contributed by atoms with Crippen molar-refractivity contribution in [3.05, 3.63) is 29.8 Å². The molecule has 0 radical (unpaired) electrons. The van der Waals surface area contributed by atoms with E-state index in [1.54, 1.807) is 6.07 Å². The van der Waals surface area contributed by atoms with Crippen molar-refractivity contribution >= 4 is 17.6 Å². The lowest BCUT2D eigenvalue weighted by atomic mass is 10.0. The molecule has 2 aromatic rings. The number of nitrogens with zero attached hydrogens (tertiary/aromatic N) is 2. The molecule has 0 unspecified atom stereocenters. The topological polar surface area (TPSA) is 101 Å². The fraction of sp³-hybridized carbons (Fsp3) is 0.526. The number of nitrogens with one attached hydrogen (secondary N) is 3. The maximum absolute atomic E-state index is 14.7. The molecule has 3 heterocycles. The summed E-state index contributed by atoms with van der Waals surface area (Å²) >= 11 is 0. The van der Waals surface area contributed by atoms with Crippen LogP contribution in [0.3, 0.4) is 0 Å². The first-order chi connectivity index (χ1) is 13.6. The summed E-state index contributed by atoms with van der Waals surface area (Å²) in [7, 11) is 0. The van der Waals surface area contributed by atoms with Crippen LogP contribution in [0, 0.1) is 5.82 Å². The van der Waals surface area contributed by atoms with Gasteiger partial charge in [-0.25, -0.2) is 9.78 Å². The van der Waals surface area contributed by atoms with Gasteiger partial charge in [0.25, 0.3) is 5.88 Å². The van der Waals surface area contributed by atoms with Crippen molar-refractivity contribution in [3.63, 3.8) is 0 Å². The zero-order valence-electron chi connectivity index (χ0n) is 15.7. The predicted molar refractivity (Wildman–Crippen MR) is 100 cm³/mol. The second kappa shape index (κ2) is 8.04.